The van der Waals surface area contributed by atoms with E-state index in [1.807, 2.05) is 0 Å². The minimum Gasteiger partial charge on any atom is -0.396 e. The molecule has 3 nitrogen and oxygen atoms in total. The van der Waals surface area contributed by atoms with Gasteiger partial charge in [-0.3, -0.25) is 4.90 Å². The third-order valence-corrected chi connectivity index (χ3v) is 4.77. The molecule has 1 aliphatic heterocycles. The van der Waals surface area contributed by atoms with Crippen LogP contribution in [0.1, 0.15) is 43.5 Å². The van der Waals surface area contributed by atoms with Crippen molar-refractivity contribution in [1.82, 2.24) is 4.90 Å². The van der Waals surface area contributed by atoms with E-state index in [-0.39, 0.29) is 12.6 Å². The van der Waals surface area contributed by atoms with Gasteiger partial charge in [0.05, 0.1) is 6.04 Å². The highest BCUT2D eigenvalue weighted by Crippen LogP contribution is 2.33. The van der Waals surface area contributed by atoms with Crippen LogP contribution in [0.5, 0.6) is 0 Å². The number of aliphatic hydroxyl groups excluding tert-OH is 1. The zero-order valence-corrected chi connectivity index (χ0v) is 11.9. The van der Waals surface area contributed by atoms with Crippen LogP contribution in [0, 0.1) is 0 Å². The SMILES string of the molecule is CC(N)C(c1cccs1)N1CCCCC1CCO. The molecule has 0 aromatic carbocycles. The van der Waals surface area contributed by atoms with Crippen LogP contribution in [0.15, 0.2) is 17.5 Å². The molecular weight excluding hydrogens is 244 g/mol. The summed E-state index contributed by atoms with van der Waals surface area (Å²) >= 11 is 1.79. The van der Waals surface area contributed by atoms with E-state index in [1.165, 1.54) is 24.1 Å². The van der Waals surface area contributed by atoms with Gasteiger partial charge in [-0.25, -0.2) is 0 Å². The lowest BCUT2D eigenvalue weighted by Crippen LogP contribution is -2.47. The largest absolute Gasteiger partial charge is 0.396 e. The van der Waals surface area contributed by atoms with Gasteiger partial charge in [0.1, 0.15) is 0 Å². The lowest BCUT2D eigenvalue weighted by atomic mass is 9.94. The summed E-state index contributed by atoms with van der Waals surface area (Å²) in [5.74, 6) is 0. The van der Waals surface area contributed by atoms with Gasteiger partial charge in [-0.2, -0.15) is 0 Å². The van der Waals surface area contributed by atoms with Crippen molar-refractivity contribution in [3.8, 4) is 0 Å². The van der Waals surface area contributed by atoms with Crippen molar-refractivity contribution in [3.63, 3.8) is 0 Å². The first-order chi connectivity index (χ1) is 8.74. The summed E-state index contributed by atoms with van der Waals surface area (Å²) in [5, 5.41) is 11.4. The fourth-order valence-electron chi connectivity index (χ4n) is 3.03. The molecule has 0 radical (unpaired) electrons. The smallest absolute Gasteiger partial charge is 0.0593 e. The van der Waals surface area contributed by atoms with Gasteiger partial charge < -0.3 is 10.8 Å². The molecule has 18 heavy (non-hydrogen) atoms. The Kier molecular flexibility index (Phi) is 5.18. The molecule has 3 unspecified atom stereocenters. The summed E-state index contributed by atoms with van der Waals surface area (Å²) in [6, 6.07) is 5.20. The van der Waals surface area contributed by atoms with Crippen LogP contribution < -0.4 is 5.73 Å². The fourth-order valence-corrected chi connectivity index (χ4v) is 3.99. The van der Waals surface area contributed by atoms with E-state index in [4.69, 9.17) is 5.73 Å². The topological polar surface area (TPSA) is 49.5 Å². The minimum absolute atomic E-state index is 0.128. The first kappa shape index (κ1) is 14.0. The van der Waals surface area contributed by atoms with Crippen LogP contribution in [-0.4, -0.2) is 35.2 Å². The summed E-state index contributed by atoms with van der Waals surface area (Å²) < 4.78 is 0. The Balaban J connectivity index is 2.17. The standard InChI is InChI=1S/C14H24N2OS/c1-11(15)14(13-6-4-10-18-13)16-8-3-2-5-12(16)7-9-17/h4,6,10-12,14,17H,2-3,5,7-9,15H2,1H3. The minimum atomic E-state index is 0.128. The Morgan fingerprint density at radius 2 is 2.39 bits per heavy atom. The summed E-state index contributed by atoms with van der Waals surface area (Å²) in [6.45, 7) is 3.47. The number of nitrogens with zero attached hydrogens (tertiary/aromatic N) is 1. The van der Waals surface area contributed by atoms with Crippen LogP contribution >= 0.6 is 11.3 Å². The number of rotatable bonds is 5. The van der Waals surface area contributed by atoms with Crippen LogP contribution in [0.3, 0.4) is 0 Å². The van der Waals surface area contributed by atoms with Crippen LogP contribution in [0.2, 0.25) is 0 Å². The van der Waals surface area contributed by atoms with Gasteiger partial charge in [0.15, 0.2) is 0 Å². The van der Waals surface area contributed by atoms with Crippen LogP contribution in [0.4, 0.5) is 0 Å². The van der Waals surface area contributed by atoms with Crippen molar-refractivity contribution in [3.05, 3.63) is 22.4 Å². The van der Waals surface area contributed by atoms with Crippen molar-refractivity contribution in [2.24, 2.45) is 5.73 Å². The molecule has 1 aliphatic rings. The molecule has 0 bridgehead atoms. The Labute approximate surface area is 114 Å². The van der Waals surface area contributed by atoms with E-state index in [1.54, 1.807) is 11.3 Å². The maximum atomic E-state index is 9.23. The third-order valence-electron chi connectivity index (χ3n) is 3.83. The molecule has 1 fully saturated rings. The quantitative estimate of drug-likeness (QED) is 0.862. The average molecular weight is 268 g/mol. The Morgan fingerprint density at radius 1 is 1.56 bits per heavy atom. The summed E-state index contributed by atoms with van der Waals surface area (Å²) in [7, 11) is 0. The Bertz CT molecular complexity index is 338. The van der Waals surface area contributed by atoms with Crippen molar-refractivity contribution in [1.29, 1.82) is 0 Å². The first-order valence-electron chi connectivity index (χ1n) is 6.89. The van der Waals surface area contributed by atoms with Gasteiger partial charge in [-0.05, 0) is 44.2 Å². The molecular formula is C14H24N2OS. The zero-order chi connectivity index (χ0) is 13.0. The number of nitrogens with two attached hydrogens (primary N) is 1. The molecule has 102 valence electrons. The van der Waals surface area contributed by atoms with E-state index in [9.17, 15) is 5.11 Å². The molecule has 2 heterocycles. The van der Waals surface area contributed by atoms with E-state index in [0.717, 1.165) is 13.0 Å². The predicted molar refractivity (Wildman–Crippen MR) is 76.8 cm³/mol. The number of hydrogen-bond acceptors (Lipinski definition) is 4. The molecule has 0 amide bonds. The Morgan fingerprint density at radius 3 is 3.00 bits per heavy atom. The number of thiophene rings is 1. The van der Waals surface area contributed by atoms with Gasteiger partial charge in [0.2, 0.25) is 0 Å². The maximum absolute atomic E-state index is 9.23. The molecule has 0 saturated carbocycles. The monoisotopic (exact) mass is 268 g/mol. The number of piperidine rings is 1. The second-order valence-corrected chi connectivity index (χ2v) is 6.20. The van der Waals surface area contributed by atoms with E-state index in [0.29, 0.717) is 12.1 Å². The summed E-state index contributed by atoms with van der Waals surface area (Å²) in [6.07, 6.45) is 4.58. The lowest BCUT2D eigenvalue weighted by Gasteiger charge is -2.42. The van der Waals surface area contributed by atoms with Gasteiger partial charge in [0, 0.05) is 23.6 Å². The third kappa shape index (κ3) is 3.12. The van der Waals surface area contributed by atoms with Gasteiger partial charge >= 0.3 is 0 Å². The molecule has 0 spiro atoms. The van der Waals surface area contributed by atoms with Crippen molar-refractivity contribution in [2.45, 2.75) is 50.7 Å². The molecule has 0 aliphatic carbocycles. The highest BCUT2D eigenvalue weighted by molar-refractivity contribution is 7.10. The second kappa shape index (κ2) is 6.66. The normalized spacial score (nSPS) is 24.9. The molecule has 3 atom stereocenters. The van der Waals surface area contributed by atoms with Gasteiger partial charge in [0.25, 0.3) is 0 Å². The molecule has 1 saturated heterocycles. The summed E-state index contributed by atoms with van der Waals surface area (Å²) in [4.78, 5) is 3.88. The number of likely N-dealkylation sites (tertiary alicyclic amines) is 1. The fraction of sp³-hybridized carbons (Fsp3) is 0.714. The predicted octanol–water partition coefficient (Wildman–Crippen LogP) is 2.37. The average Bonchev–Trinajstić information content (AvgIpc) is 2.85. The van der Waals surface area contributed by atoms with Crippen LogP contribution in [0.25, 0.3) is 0 Å². The molecule has 1 aromatic heterocycles. The highest BCUT2D eigenvalue weighted by atomic mass is 32.1. The molecule has 2 rings (SSSR count). The second-order valence-electron chi connectivity index (χ2n) is 5.22. The van der Waals surface area contributed by atoms with Crippen molar-refractivity contribution >= 4 is 11.3 Å². The number of hydrogen-bond donors (Lipinski definition) is 2. The lowest BCUT2D eigenvalue weighted by molar-refractivity contribution is 0.0668. The van der Waals surface area contributed by atoms with Crippen LogP contribution in [-0.2, 0) is 0 Å². The number of aliphatic hydroxyl groups is 1. The first-order valence-corrected chi connectivity index (χ1v) is 7.77. The van der Waals surface area contributed by atoms with E-state index >= 15 is 0 Å². The van der Waals surface area contributed by atoms with Crippen molar-refractivity contribution in [2.75, 3.05) is 13.2 Å². The highest BCUT2D eigenvalue weighted by Gasteiger charge is 2.32. The van der Waals surface area contributed by atoms with E-state index < -0.39 is 0 Å². The summed E-state index contributed by atoms with van der Waals surface area (Å²) in [5.41, 5.74) is 6.22. The van der Waals surface area contributed by atoms with Crippen molar-refractivity contribution < 1.29 is 5.11 Å². The Hall–Kier alpha value is -0.420. The zero-order valence-electron chi connectivity index (χ0n) is 11.1. The van der Waals surface area contributed by atoms with Gasteiger partial charge in [-0.15, -0.1) is 11.3 Å². The molecule has 1 aromatic rings. The molecule has 4 heteroatoms. The van der Waals surface area contributed by atoms with Gasteiger partial charge in [-0.1, -0.05) is 12.5 Å². The maximum Gasteiger partial charge on any atom is 0.0593 e. The van der Waals surface area contributed by atoms with E-state index in [2.05, 4.69) is 29.3 Å². The molecule has 3 N–H and O–H groups in total.